The molecule has 16 heavy (non-hydrogen) atoms. The highest BCUT2D eigenvalue weighted by Crippen LogP contribution is 2.06. The SMILES string of the molecule is CCN(CC)CC/C=C\c1cccc(F)c1. The molecule has 0 atom stereocenters. The maximum atomic E-state index is 12.9. The molecule has 1 nitrogen and oxygen atoms in total. The number of rotatable bonds is 6. The molecule has 0 bridgehead atoms. The summed E-state index contributed by atoms with van der Waals surface area (Å²) in [6, 6.07) is 6.66. The van der Waals surface area contributed by atoms with Crippen LogP contribution in [0.5, 0.6) is 0 Å². The lowest BCUT2D eigenvalue weighted by Gasteiger charge is -2.16. The highest BCUT2D eigenvalue weighted by molar-refractivity contribution is 5.48. The largest absolute Gasteiger partial charge is 0.304 e. The van der Waals surface area contributed by atoms with Crippen LogP contribution < -0.4 is 0 Å². The third kappa shape index (κ3) is 4.58. The Morgan fingerprint density at radius 1 is 1.25 bits per heavy atom. The molecular formula is C14H20FN. The summed E-state index contributed by atoms with van der Waals surface area (Å²) in [5, 5.41) is 0. The van der Waals surface area contributed by atoms with Gasteiger partial charge in [0, 0.05) is 6.54 Å². The summed E-state index contributed by atoms with van der Waals surface area (Å²) in [5.41, 5.74) is 0.930. The molecule has 0 saturated carbocycles. The van der Waals surface area contributed by atoms with Crippen LogP contribution in [0.4, 0.5) is 4.39 Å². The maximum Gasteiger partial charge on any atom is 0.123 e. The number of hydrogen-bond donors (Lipinski definition) is 0. The van der Waals surface area contributed by atoms with Crippen LogP contribution in [-0.2, 0) is 0 Å². The second-order valence-electron chi connectivity index (χ2n) is 3.77. The van der Waals surface area contributed by atoms with E-state index < -0.39 is 0 Å². The Balaban J connectivity index is 2.37. The summed E-state index contributed by atoms with van der Waals surface area (Å²) in [6.07, 6.45) is 5.10. The zero-order chi connectivity index (χ0) is 11.8. The molecule has 0 aromatic heterocycles. The second-order valence-corrected chi connectivity index (χ2v) is 3.77. The molecule has 0 spiro atoms. The van der Waals surface area contributed by atoms with Gasteiger partial charge in [-0.3, -0.25) is 0 Å². The summed E-state index contributed by atoms with van der Waals surface area (Å²) in [7, 11) is 0. The Morgan fingerprint density at radius 3 is 2.62 bits per heavy atom. The van der Waals surface area contributed by atoms with Crippen molar-refractivity contribution >= 4 is 6.08 Å². The molecule has 0 saturated heterocycles. The van der Waals surface area contributed by atoms with Crippen molar-refractivity contribution in [2.24, 2.45) is 0 Å². The van der Waals surface area contributed by atoms with E-state index in [1.165, 1.54) is 6.07 Å². The van der Waals surface area contributed by atoms with Crippen LogP contribution in [0.25, 0.3) is 6.08 Å². The molecule has 0 radical (unpaired) electrons. The molecule has 1 aromatic rings. The normalized spacial score (nSPS) is 11.5. The summed E-state index contributed by atoms with van der Waals surface area (Å²) in [5.74, 6) is -0.175. The lowest BCUT2D eigenvalue weighted by atomic mass is 10.2. The molecule has 0 aliphatic rings. The van der Waals surface area contributed by atoms with Gasteiger partial charge in [-0.2, -0.15) is 0 Å². The lowest BCUT2D eigenvalue weighted by molar-refractivity contribution is 0.310. The Hall–Kier alpha value is -1.15. The molecule has 0 aliphatic heterocycles. The van der Waals surface area contributed by atoms with E-state index >= 15 is 0 Å². The summed E-state index contributed by atoms with van der Waals surface area (Å²) < 4.78 is 12.9. The zero-order valence-corrected chi connectivity index (χ0v) is 10.1. The van der Waals surface area contributed by atoms with Crippen LogP contribution in [-0.4, -0.2) is 24.5 Å². The van der Waals surface area contributed by atoms with Gasteiger partial charge in [0.1, 0.15) is 5.82 Å². The van der Waals surface area contributed by atoms with Crippen molar-refractivity contribution in [1.29, 1.82) is 0 Å². The average molecular weight is 221 g/mol. The fraction of sp³-hybridized carbons (Fsp3) is 0.429. The molecule has 0 N–H and O–H groups in total. The van der Waals surface area contributed by atoms with Gasteiger partial charge in [0.25, 0.3) is 0 Å². The van der Waals surface area contributed by atoms with E-state index in [1.54, 1.807) is 12.1 Å². The topological polar surface area (TPSA) is 3.24 Å². The molecular weight excluding hydrogens is 201 g/mol. The molecule has 2 heteroatoms. The van der Waals surface area contributed by atoms with Gasteiger partial charge in [0.15, 0.2) is 0 Å². The lowest BCUT2D eigenvalue weighted by Crippen LogP contribution is -2.23. The Kier molecular flexibility index (Phi) is 5.79. The van der Waals surface area contributed by atoms with Gasteiger partial charge in [-0.25, -0.2) is 4.39 Å². The van der Waals surface area contributed by atoms with E-state index in [0.29, 0.717) is 0 Å². The smallest absolute Gasteiger partial charge is 0.123 e. The van der Waals surface area contributed by atoms with E-state index in [-0.39, 0.29) is 5.82 Å². The molecule has 0 aliphatic carbocycles. The van der Waals surface area contributed by atoms with Gasteiger partial charge >= 0.3 is 0 Å². The van der Waals surface area contributed by atoms with Gasteiger partial charge in [-0.05, 0) is 37.2 Å². The van der Waals surface area contributed by atoms with Crippen molar-refractivity contribution in [3.8, 4) is 0 Å². The van der Waals surface area contributed by atoms with Gasteiger partial charge < -0.3 is 4.90 Å². The first-order valence-corrected chi connectivity index (χ1v) is 5.90. The minimum atomic E-state index is -0.175. The minimum absolute atomic E-state index is 0.175. The van der Waals surface area contributed by atoms with Gasteiger partial charge in [-0.15, -0.1) is 0 Å². The van der Waals surface area contributed by atoms with Crippen LogP contribution in [0, 0.1) is 5.82 Å². The zero-order valence-electron chi connectivity index (χ0n) is 10.1. The van der Waals surface area contributed by atoms with Crippen LogP contribution in [0.1, 0.15) is 25.8 Å². The predicted molar refractivity (Wildman–Crippen MR) is 67.8 cm³/mol. The number of nitrogens with zero attached hydrogens (tertiary/aromatic N) is 1. The molecule has 0 heterocycles. The van der Waals surface area contributed by atoms with Crippen molar-refractivity contribution in [2.75, 3.05) is 19.6 Å². The van der Waals surface area contributed by atoms with Crippen LogP contribution in [0.2, 0.25) is 0 Å². The fourth-order valence-corrected chi connectivity index (χ4v) is 1.63. The first kappa shape index (κ1) is 12.9. The minimum Gasteiger partial charge on any atom is -0.304 e. The van der Waals surface area contributed by atoms with E-state index in [9.17, 15) is 4.39 Å². The number of halogens is 1. The average Bonchev–Trinajstić information content (AvgIpc) is 2.29. The van der Waals surface area contributed by atoms with E-state index in [4.69, 9.17) is 0 Å². The summed E-state index contributed by atoms with van der Waals surface area (Å²) in [4.78, 5) is 2.37. The summed E-state index contributed by atoms with van der Waals surface area (Å²) >= 11 is 0. The van der Waals surface area contributed by atoms with E-state index in [2.05, 4.69) is 24.8 Å². The number of hydrogen-bond acceptors (Lipinski definition) is 1. The maximum absolute atomic E-state index is 12.9. The Morgan fingerprint density at radius 2 is 2.00 bits per heavy atom. The quantitative estimate of drug-likeness (QED) is 0.710. The molecule has 1 aromatic carbocycles. The van der Waals surface area contributed by atoms with Gasteiger partial charge in [0.05, 0.1) is 0 Å². The van der Waals surface area contributed by atoms with Crippen LogP contribution >= 0.6 is 0 Å². The van der Waals surface area contributed by atoms with Gasteiger partial charge in [0.2, 0.25) is 0 Å². The van der Waals surface area contributed by atoms with Crippen molar-refractivity contribution in [3.63, 3.8) is 0 Å². The molecule has 0 unspecified atom stereocenters. The molecule has 1 rings (SSSR count). The Labute approximate surface area is 97.6 Å². The van der Waals surface area contributed by atoms with E-state index in [0.717, 1.165) is 31.6 Å². The van der Waals surface area contributed by atoms with Crippen molar-refractivity contribution in [3.05, 3.63) is 41.7 Å². The fourth-order valence-electron chi connectivity index (χ4n) is 1.63. The van der Waals surface area contributed by atoms with Crippen molar-refractivity contribution in [2.45, 2.75) is 20.3 Å². The molecule has 0 amide bonds. The third-order valence-corrected chi connectivity index (χ3v) is 2.67. The highest BCUT2D eigenvalue weighted by atomic mass is 19.1. The number of benzene rings is 1. The van der Waals surface area contributed by atoms with E-state index in [1.807, 2.05) is 12.1 Å². The molecule has 88 valence electrons. The van der Waals surface area contributed by atoms with Crippen molar-refractivity contribution in [1.82, 2.24) is 4.90 Å². The standard InChI is InChI=1S/C14H20FN/c1-3-16(4-2)11-6-5-8-13-9-7-10-14(15)12-13/h5,7-10,12H,3-4,6,11H2,1-2H3/b8-5-. The second kappa shape index (κ2) is 7.18. The highest BCUT2D eigenvalue weighted by Gasteiger charge is 1.95. The van der Waals surface area contributed by atoms with Gasteiger partial charge in [-0.1, -0.05) is 38.1 Å². The van der Waals surface area contributed by atoms with Crippen LogP contribution in [0.3, 0.4) is 0 Å². The van der Waals surface area contributed by atoms with Crippen molar-refractivity contribution < 1.29 is 4.39 Å². The third-order valence-electron chi connectivity index (χ3n) is 2.67. The van der Waals surface area contributed by atoms with Crippen LogP contribution in [0.15, 0.2) is 30.3 Å². The molecule has 0 fully saturated rings. The first-order chi connectivity index (χ1) is 7.76. The summed E-state index contributed by atoms with van der Waals surface area (Å²) in [6.45, 7) is 7.58. The predicted octanol–water partition coefficient (Wildman–Crippen LogP) is 3.57. The monoisotopic (exact) mass is 221 g/mol. The first-order valence-electron chi connectivity index (χ1n) is 5.90. The Bertz CT molecular complexity index is 329.